The molecule has 1 heterocycles. The average Bonchev–Trinajstić information content (AvgIpc) is 2.86. The SMILES string of the molecule is COc1cc(C=Nn2c(C)nc3ccc(Br)cc3c2=O)c(Br)c(Cl)c1OCc1ccc([N+](=O)[O-])cc1. The van der Waals surface area contributed by atoms with Gasteiger partial charge in [0.1, 0.15) is 17.5 Å². The zero-order valence-electron chi connectivity index (χ0n) is 18.9. The molecule has 0 saturated carbocycles. The lowest BCUT2D eigenvalue weighted by atomic mass is 10.2. The Labute approximate surface area is 226 Å². The first-order valence-electron chi connectivity index (χ1n) is 10.3. The van der Waals surface area contributed by atoms with Gasteiger partial charge in [-0.15, -0.1) is 0 Å². The first-order valence-corrected chi connectivity index (χ1v) is 12.3. The molecule has 0 N–H and O–H groups in total. The van der Waals surface area contributed by atoms with Crippen molar-refractivity contribution >= 4 is 66.3 Å². The first-order chi connectivity index (χ1) is 17.2. The number of fused-ring (bicyclic) bond motifs is 1. The minimum atomic E-state index is -0.468. The van der Waals surface area contributed by atoms with Gasteiger partial charge in [-0.05, 0) is 64.8 Å². The molecule has 0 atom stereocenters. The third kappa shape index (κ3) is 5.28. The predicted octanol–water partition coefficient (Wildman–Crippen LogP) is 6.26. The second-order valence-corrected chi connectivity index (χ2v) is 9.61. The molecular formula is C24H17Br2ClN4O5. The highest BCUT2D eigenvalue weighted by Gasteiger charge is 2.18. The van der Waals surface area contributed by atoms with Gasteiger partial charge in [0, 0.05) is 26.6 Å². The highest BCUT2D eigenvalue weighted by Crippen LogP contribution is 2.42. The number of hydrogen-bond donors (Lipinski definition) is 0. The normalized spacial score (nSPS) is 11.2. The van der Waals surface area contributed by atoms with Crippen LogP contribution in [-0.4, -0.2) is 27.9 Å². The summed E-state index contributed by atoms with van der Waals surface area (Å²) in [6, 6.07) is 12.9. The maximum atomic E-state index is 13.0. The lowest BCUT2D eigenvalue weighted by Gasteiger charge is -2.15. The molecule has 4 rings (SSSR count). The number of ether oxygens (including phenoxy) is 2. The van der Waals surface area contributed by atoms with Crippen molar-refractivity contribution in [1.29, 1.82) is 0 Å². The molecule has 0 radical (unpaired) electrons. The number of hydrogen-bond acceptors (Lipinski definition) is 7. The predicted molar refractivity (Wildman–Crippen MR) is 145 cm³/mol. The van der Waals surface area contributed by atoms with Crippen LogP contribution in [0.15, 0.2) is 67.4 Å². The van der Waals surface area contributed by atoms with Gasteiger partial charge in [-0.25, -0.2) is 4.98 Å². The summed E-state index contributed by atoms with van der Waals surface area (Å²) < 4.78 is 13.8. The van der Waals surface area contributed by atoms with Gasteiger partial charge in [-0.1, -0.05) is 27.5 Å². The maximum absolute atomic E-state index is 13.0. The van der Waals surface area contributed by atoms with E-state index in [1.54, 1.807) is 37.3 Å². The van der Waals surface area contributed by atoms with Crippen LogP contribution in [0.25, 0.3) is 10.9 Å². The van der Waals surface area contributed by atoms with Gasteiger partial charge in [0.25, 0.3) is 11.2 Å². The highest BCUT2D eigenvalue weighted by atomic mass is 79.9. The fraction of sp³-hybridized carbons (Fsp3) is 0.125. The van der Waals surface area contributed by atoms with E-state index in [9.17, 15) is 14.9 Å². The van der Waals surface area contributed by atoms with Crippen LogP contribution in [0.5, 0.6) is 11.5 Å². The Bertz CT molecular complexity index is 1570. The number of non-ortho nitro benzene ring substituents is 1. The molecular weight excluding hydrogens is 620 g/mol. The van der Waals surface area contributed by atoms with Crippen molar-refractivity contribution in [2.45, 2.75) is 13.5 Å². The summed E-state index contributed by atoms with van der Waals surface area (Å²) >= 11 is 13.4. The summed E-state index contributed by atoms with van der Waals surface area (Å²) in [6.45, 7) is 1.80. The number of benzene rings is 3. The fourth-order valence-corrected chi connectivity index (χ4v) is 4.38. The molecule has 184 valence electrons. The summed E-state index contributed by atoms with van der Waals surface area (Å²) in [5, 5.41) is 15.8. The van der Waals surface area contributed by atoms with E-state index in [0.29, 0.717) is 38.1 Å². The number of aromatic nitrogens is 2. The van der Waals surface area contributed by atoms with Gasteiger partial charge in [0.15, 0.2) is 11.5 Å². The minimum Gasteiger partial charge on any atom is -0.493 e. The van der Waals surface area contributed by atoms with Crippen molar-refractivity contribution in [3.8, 4) is 11.5 Å². The van der Waals surface area contributed by atoms with E-state index in [4.69, 9.17) is 21.1 Å². The number of rotatable bonds is 7. The molecule has 0 aliphatic heterocycles. The Morgan fingerprint density at radius 1 is 1.19 bits per heavy atom. The van der Waals surface area contributed by atoms with E-state index >= 15 is 0 Å². The van der Waals surface area contributed by atoms with Crippen LogP contribution in [0.2, 0.25) is 5.02 Å². The van der Waals surface area contributed by atoms with Gasteiger partial charge in [-0.2, -0.15) is 9.78 Å². The molecule has 0 bridgehead atoms. The van der Waals surface area contributed by atoms with Crippen molar-refractivity contribution in [3.63, 3.8) is 0 Å². The molecule has 9 nitrogen and oxygen atoms in total. The van der Waals surface area contributed by atoms with Gasteiger partial charge < -0.3 is 9.47 Å². The Morgan fingerprint density at radius 3 is 2.58 bits per heavy atom. The zero-order valence-corrected chi connectivity index (χ0v) is 22.8. The van der Waals surface area contributed by atoms with E-state index in [1.165, 1.54) is 30.1 Å². The van der Waals surface area contributed by atoms with Crippen LogP contribution in [0.4, 0.5) is 5.69 Å². The van der Waals surface area contributed by atoms with Crippen molar-refractivity contribution in [2.75, 3.05) is 7.11 Å². The third-order valence-corrected chi connectivity index (χ3v) is 7.13. The molecule has 0 saturated heterocycles. The van der Waals surface area contributed by atoms with Crippen LogP contribution < -0.4 is 15.0 Å². The van der Waals surface area contributed by atoms with Crippen molar-refractivity contribution in [1.82, 2.24) is 9.66 Å². The number of halogens is 3. The molecule has 0 aliphatic carbocycles. The van der Waals surface area contributed by atoms with E-state index in [2.05, 4.69) is 41.9 Å². The quantitative estimate of drug-likeness (QED) is 0.135. The van der Waals surface area contributed by atoms with Crippen LogP contribution in [0.1, 0.15) is 17.0 Å². The molecule has 12 heteroatoms. The molecule has 1 aromatic heterocycles. The number of nitro benzene ring substituents is 1. The maximum Gasteiger partial charge on any atom is 0.282 e. The second kappa shape index (κ2) is 10.8. The number of nitrogens with zero attached hydrogens (tertiary/aromatic N) is 4. The van der Waals surface area contributed by atoms with Gasteiger partial charge >= 0.3 is 0 Å². The zero-order chi connectivity index (χ0) is 26.0. The third-order valence-electron chi connectivity index (χ3n) is 5.19. The lowest BCUT2D eigenvalue weighted by molar-refractivity contribution is -0.384. The molecule has 0 unspecified atom stereocenters. The van der Waals surface area contributed by atoms with Gasteiger partial charge in [0.05, 0.1) is 29.2 Å². The molecule has 4 aromatic rings. The molecule has 0 spiro atoms. The van der Waals surface area contributed by atoms with E-state index in [1.807, 2.05) is 6.07 Å². The van der Waals surface area contributed by atoms with E-state index in [0.717, 1.165) is 4.47 Å². The Hall–Kier alpha value is -3.28. The van der Waals surface area contributed by atoms with Gasteiger partial charge in [0.2, 0.25) is 0 Å². The van der Waals surface area contributed by atoms with Gasteiger partial charge in [-0.3, -0.25) is 14.9 Å². The average molecular weight is 637 g/mol. The van der Waals surface area contributed by atoms with Crippen LogP contribution in [-0.2, 0) is 6.61 Å². The second-order valence-electron chi connectivity index (χ2n) is 7.52. The topological polar surface area (TPSA) is 109 Å². The Balaban J connectivity index is 1.65. The van der Waals surface area contributed by atoms with Crippen LogP contribution >= 0.6 is 43.5 Å². The van der Waals surface area contributed by atoms with Crippen molar-refractivity contribution in [2.24, 2.45) is 5.10 Å². The van der Waals surface area contributed by atoms with Crippen LogP contribution in [0, 0.1) is 17.0 Å². The standard InChI is InChI=1S/C24H17Br2ClN4O5/c1-13-29-19-8-5-16(25)10-18(19)24(32)30(13)28-11-15-9-20(35-2)23(22(27)21(15)26)36-12-14-3-6-17(7-4-14)31(33)34/h3-11H,12H2,1-2H3. The van der Waals surface area contributed by atoms with Crippen molar-refractivity contribution < 1.29 is 14.4 Å². The molecule has 0 fully saturated rings. The number of methoxy groups -OCH3 is 1. The summed E-state index contributed by atoms with van der Waals surface area (Å²) in [7, 11) is 1.47. The summed E-state index contributed by atoms with van der Waals surface area (Å²) in [4.78, 5) is 27.8. The molecule has 0 aliphatic rings. The van der Waals surface area contributed by atoms with Crippen LogP contribution in [0.3, 0.4) is 0 Å². The number of nitro groups is 1. The fourth-order valence-electron chi connectivity index (χ4n) is 3.37. The minimum absolute atomic E-state index is 0.00987. The molecule has 36 heavy (non-hydrogen) atoms. The smallest absolute Gasteiger partial charge is 0.282 e. The number of aryl methyl sites for hydroxylation is 1. The lowest BCUT2D eigenvalue weighted by Crippen LogP contribution is -2.20. The van der Waals surface area contributed by atoms with E-state index < -0.39 is 4.92 Å². The summed E-state index contributed by atoms with van der Waals surface area (Å²) in [5.74, 6) is 1.05. The first kappa shape index (κ1) is 25.8. The Morgan fingerprint density at radius 2 is 1.92 bits per heavy atom. The summed E-state index contributed by atoms with van der Waals surface area (Å²) in [5.41, 5.74) is 1.51. The molecule has 0 amide bonds. The largest absolute Gasteiger partial charge is 0.493 e. The monoisotopic (exact) mass is 634 g/mol. The molecule has 3 aromatic carbocycles. The Kier molecular flexibility index (Phi) is 7.72. The van der Waals surface area contributed by atoms with E-state index in [-0.39, 0.29) is 28.6 Å². The summed E-state index contributed by atoms with van der Waals surface area (Å²) in [6.07, 6.45) is 1.47. The van der Waals surface area contributed by atoms with Crippen molar-refractivity contribution in [3.05, 3.63) is 99.9 Å². The highest BCUT2D eigenvalue weighted by molar-refractivity contribution is 9.10.